The summed E-state index contributed by atoms with van der Waals surface area (Å²) in [5, 5.41) is 2.53. The third-order valence-electron chi connectivity index (χ3n) is 1.36. The Bertz CT molecular complexity index is 400. The van der Waals surface area contributed by atoms with E-state index in [1.54, 1.807) is 0 Å². The fraction of sp³-hybridized carbons (Fsp3) is 0. The predicted octanol–water partition coefficient (Wildman–Crippen LogP) is 3.66. The summed E-state index contributed by atoms with van der Waals surface area (Å²) >= 11 is 16.6. The maximum absolute atomic E-state index is 13.3. The quantitative estimate of drug-likeness (QED) is 0.455. The lowest BCUT2D eigenvalue weighted by molar-refractivity contribution is 0.622. The highest BCUT2D eigenvalue weighted by atomic mass is 79.9. The Kier molecular flexibility index (Phi) is 4.12. The molecule has 2 nitrogen and oxygen atoms in total. The highest BCUT2D eigenvalue weighted by Crippen LogP contribution is 2.36. The lowest BCUT2D eigenvalue weighted by Crippen LogP contribution is -2.19. The van der Waals surface area contributed by atoms with Crippen molar-refractivity contribution in [3.05, 3.63) is 25.9 Å². The van der Waals surface area contributed by atoms with Gasteiger partial charge in [0.15, 0.2) is 10.9 Å². The van der Waals surface area contributed by atoms with E-state index in [2.05, 4.69) is 49.4 Å². The molecule has 1 aromatic rings. The van der Waals surface area contributed by atoms with Crippen LogP contribution in [0.25, 0.3) is 0 Å². The first-order chi connectivity index (χ1) is 6.43. The number of thiocarbonyl (C=S) groups is 1. The lowest BCUT2D eigenvalue weighted by Gasteiger charge is -2.10. The second-order valence-corrected chi connectivity index (χ2v) is 4.86. The summed E-state index contributed by atoms with van der Waals surface area (Å²) in [5.41, 5.74) is 5.58. The third-order valence-corrected chi connectivity index (χ3v) is 3.02. The topological polar surface area (TPSA) is 38.0 Å². The third kappa shape index (κ3) is 2.56. The Hall–Kier alpha value is 0.0900. The van der Waals surface area contributed by atoms with E-state index in [1.165, 1.54) is 6.07 Å². The first-order valence-electron chi connectivity index (χ1n) is 3.33. The second kappa shape index (κ2) is 4.74. The van der Waals surface area contributed by atoms with Crippen molar-refractivity contribution >= 4 is 66.5 Å². The van der Waals surface area contributed by atoms with Gasteiger partial charge in [0.2, 0.25) is 0 Å². The molecule has 0 aliphatic rings. The molecule has 0 aromatic heterocycles. The number of hydrogen-bond donors (Lipinski definition) is 2. The van der Waals surface area contributed by atoms with Gasteiger partial charge in [-0.25, -0.2) is 4.39 Å². The van der Waals surface area contributed by atoms with Crippen LogP contribution in [-0.4, -0.2) is 5.11 Å². The van der Waals surface area contributed by atoms with Crippen LogP contribution in [0.1, 0.15) is 0 Å². The van der Waals surface area contributed by atoms with E-state index in [-0.39, 0.29) is 14.6 Å². The van der Waals surface area contributed by atoms with Gasteiger partial charge in [-0.1, -0.05) is 11.6 Å². The average molecular weight is 362 g/mol. The summed E-state index contributed by atoms with van der Waals surface area (Å²) in [6.45, 7) is 0. The van der Waals surface area contributed by atoms with Gasteiger partial charge in [-0.3, -0.25) is 0 Å². The van der Waals surface area contributed by atoms with Crippen molar-refractivity contribution in [3.8, 4) is 0 Å². The zero-order valence-electron chi connectivity index (χ0n) is 6.57. The summed E-state index contributed by atoms with van der Waals surface area (Å²) < 4.78 is 14.1. The number of nitrogens with two attached hydrogens (primary N) is 1. The molecule has 0 aliphatic carbocycles. The minimum absolute atomic E-state index is 0.0225. The molecule has 0 unspecified atom stereocenters. The summed E-state index contributed by atoms with van der Waals surface area (Å²) in [6.07, 6.45) is 0. The Morgan fingerprint density at radius 3 is 2.57 bits per heavy atom. The molecule has 0 saturated heterocycles. The molecule has 0 aliphatic heterocycles. The molecule has 76 valence electrons. The van der Waals surface area contributed by atoms with Crippen molar-refractivity contribution in [2.24, 2.45) is 5.73 Å². The first-order valence-corrected chi connectivity index (χ1v) is 5.70. The Morgan fingerprint density at radius 2 is 2.07 bits per heavy atom. The minimum atomic E-state index is -0.561. The van der Waals surface area contributed by atoms with Crippen molar-refractivity contribution in [1.82, 2.24) is 0 Å². The van der Waals surface area contributed by atoms with E-state index in [4.69, 9.17) is 17.3 Å². The van der Waals surface area contributed by atoms with Gasteiger partial charge in [-0.15, -0.1) is 0 Å². The normalized spacial score (nSPS) is 10.0. The monoisotopic (exact) mass is 360 g/mol. The van der Waals surface area contributed by atoms with Crippen molar-refractivity contribution in [3.63, 3.8) is 0 Å². The van der Waals surface area contributed by atoms with E-state index < -0.39 is 5.82 Å². The molecule has 0 amide bonds. The summed E-state index contributed by atoms with van der Waals surface area (Å²) in [5.74, 6) is -0.561. The van der Waals surface area contributed by atoms with Gasteiger partial charge in [-0.05, 0) is 50.1 Å². The average Bonchev–Trinajstić information content (AvgIpc) is 2.09. The zero-order valence-corrected chi connectivity index (χ0v) is 11.3. The molecular formula is C7H4Br2ClFN2S. The Balaban J connectivity index is 3.29. The van der Waals surface area contributed by atoms with Crippen LogP contribution in [0.2, 0.25) is 5.02 Å². The molecule has 0 radical (unpaired) electrons. The highest BCUT2D eigenvalue weighted by molar-refractivity contribution is 9.11. The van der Waals surface area contributed by atoms with E-state index >= 15 is 0 Å². The molecule has 0 bridgehead atoms. The number of anilines is 1. The summed E-state index contributed by atoms with van der Waals surface area (Å²) in [6, 6.07) is 1.52. The van der Waals surface area contributed by atoms with Crippen LogP contribution in [0.4, 0.5) is 10.1 Å². The van der Waals surface area contributed by atoms with E-state index in [0.29, 0.717) is 10.2 Å². The number of benzene rings is 1. The molecule has 0 atom stereocenters. The molecule has 1 rings (SSSR count). The predicted molar refractivity (Wildman–Crippen MR) is 67.2 cm³/mol. The van der Waals surface area contributed by atoms with E-state index in [1.807, 2.05) is 0 Å². The van der Waals surface area contributed by atoms with Gasteiger partial charge >= 0.3 is 0 Å². The first kappa shape index (κ1) is 12.2. The van der Waals surface area contributed by atoms with Gasteiger partial charge in [0.05, 0.1) is 10.2 Å². The molecule has 0 saturated carbocycles. The van der Waals surface area contributed by atoms with Gasteiger partial charge < -0.3 is 11.1 Å². The van der Waals surface area contributed by atoms with Crippen LogP contribution in [0, 0.1) is 5.82 Å². The van der Waals surface area contributed by atoms with Crippen LogP contribution in [0.5, 0.6) is 0 Å². The standard InChI is InChI=1S/C7H4Br2ClFN2S/c8-2-1-3(9)6(13-7(12)14)4(10)5(2)11/h1H,(H3,12,13,14). The lowest BCUT2D eigenvalue weighted by atomic mass is 10.3. The van der Waals surface area contributed by atoms with Crippen LogP contribution in [0.3, 0.4) is 0 Å². The van der Waals surface area contributed by atoms with Gasteiger partial charge in [0, 0.05) is 4.47 Å². The summed E-state index contributed by atoms with van der Waals surface area (Å²) in [7, 11) is 0. The van der Waals surface area contributed by atoms with E-state index in [9.17, 15) is 4.39 Å². The molecule has 7 heteroatoms. The number of nitrogens with one attached hydrogen (secondary N) is 1. The Morgan fingerprint density at radius 1 is 1.50 bits per heavy atom. The molecular weight excluding hydrogens is 358 g/mol. The van der Waals surface area contributed by atoms with E-state index in [0.717, 1.165) is 0 Å². The smallest absolute Gasteiger partial charge is 0.168 e. The molecule has 0 heterocycles. The van der Waals surface area contributed by atoms with Crippen molar-refractivity contribution < 1.29 is 4.39 Å². The maximum Gasteiger partial charge on any atom is 0.168 e. The van der Waals surface area contributed by atoms with Crippen LogP contribution >= 0.6 is 55.7 Å². The maximum atomic E-state index is 13.3. The number of hydrogen-bond acceptors (Lipinski definition) is 1. The summed E-state index contributed by atoms with van der Waals surface area (Å²) in [4.78, 5) is 0. The number of rotatable bonds is 1. The fourth-order valence-corrected chi connectivity index (χ4v) is 2.65. The second-order valence-electron chi connectivity index (χ2n) is 2.33. The molecule has 0 fully saturated rings. The Labute approximate surface area is 107 Å². The van der Waals surface area contributed by atoms with Gasteiger partial charge in [0.25, 0.3) is 0 Å². The van der Waals surface area contributed by atoms with Crippen molar-refractivity contribution in [1.29, 1.82) is 0 Å². The van der Waals surface area contributed by atoms with Gasteiger partial charge in [0.1, 0.15) is 5.02 Å². The fourth-order valence-electron chi connectivity index (χ4n) is 0.804. The van der Waals surface area contributed by atoms with Crippen molar-refractivity contribution in [2.75, 3.05) is 5.32 Å². The molecule has 1 aromatic carbocycles. The van der Waals surface area contributed by atoms with Crippen LogP contribution in [0.15, 0.2) is 15.0 Å². The number of halogens is 4. The molecule has 0 spiro atoms. The highest BCUT2D eigenvalue weighted by Gasteiger charge is 2.14. The van der Waals surface area contributed by atoms with Crippen molar-refractivity contribution in [2.45, 2.75) is 0 Å². The van der Waals surface area contributed by atoms with Gasteiger partial charge in [-0.2, -0.15) is 0 Å². The minimum Gasteiger partial charge on any atom is -0.376 e. The SMILES string of the molecule is NC(=S)Nc1c(Br)cc(Br)c(F)c1Cl. The largest absolute Gasteiger partial charge is 0.376 e. The molecule has 3 N–H and O–H groups in total. The van der Waals surface area contributed by atoms with Crippen LogP contribution < -0.4 is 11.1 Å². The molecule has 14 heavy (non-hydrogen) atoms. The zero-order chi connectivity index (χ0) is 10.9. The van der Waals surface area contributed by atoms with Crippen LogP contribution in [-0.2, 0) is 0 Å².